The van der Waals surface area contributed by atoms with Gasteiger partial charge < -0.3 is 14.2 Å². The third kappa shape index (κ3) is 64.9. The Morgan fingerprint density at radius 3 is 0.775 bits per heavy atom. The minimum Gasteiger partial charge on any atom is -0.462 e. The van der Waals surface area contributed by atoms with Crippen LogP contribution in [0.1, 0.15) is 323 Å². The van der Waals surface area contributed by atoms with Crippen molar-refractivity contribution in [2.24, 2.45) is 0 Å². The summed E-state index contributed by atoms with van der Waals surface area (Å²) in [4.78, 5) is 38.4. The first-order valence-corrected chi connectivity index (χ1v) is 33.9. The number of ether oxygens (including phenoxy) is 3. The molecule has 1 atom stereocenters. The number of esters is 3. The lowest BCUT2D eigenvalue weighted by molar-refractivity contribution is -0.167. The fourth-order valence-corrected chi connectivity index (χ4v) is 9.41. The Balaban J connectivity index is 4.45. The van der Waals surface area contributed by atoms with Crippen LogP contribution in [0.4, 0.5) is 0 Å². The maximum atomic E-state index is 13.0. The Hall–Kier alpha value is -3.93. The van der Waals surface area contributed by atoms with Crippen LogP contribution in [0.3, 0.4) is 0 Å². The molecule has 1 unspecified atom stereocenters. The first-order chi connectivity index (χ1) is 39.5. The second-order valence-electron chi connectivity index (χ2n) is 22.3. The zero-order chi connectivity index (χ0) is 57.8. The fourth-order valence-electron chi connectivity index (χ4n) is 9.41. The molecule has 6 nitrogen and oxygen atoms in total. The molecule has 0 radical (unpaired) electrons. The van der Waals surface area contributed by atoms with Gasteiger partial charge in [-0.1, -0.05) is 284 Å². The van der Waals surface area contributed by atoms with Gasteiger partial charge in [0.25, 0.3) is 0 Å². The molecule has 0 heterocycles. The molecular weight excluding hydrogens is 985 g/mol. The third-order valence-corrected chi connectivity index (χ3v) is 14.5. The number of rotatable bonds is 61. The molecule has 0 bridgehead atoms. The lowest BCUT2D eigenvalue weighted by Crippen LogP contribution is -2.30. The van der Waals surface area contributed by atoms with Crippen molar-refractivity contribution >= 4 is 17.9 Å². The van der Waals surface area contributed by atoms with Gasteiger partial charge in [0.15, 0.2) is 6.10 Å². The monoisotopic (exact) mass is 1110 g/mol. The summed E-state index contributed by atoms with van der Waals surface area (Å²) in [5, 5.41) is 0. The van der Waals surface area contributed by atoms with Gasteiger partial charge in [-0.05, 0) is 128 Å². The smallest absolute Gasteiger partial charge is 0.306 e. The van der Waals surface area contributed by atoms with Crippen molar-refractivity contribution in [2.45, 2.75) is 329 Å². The van der Waals surface area contributed by atoms with Gasteiger partial charge in [-0.15, -0.1) is 0 Å². The van der Waals surface area contributed by atoms with Crippen LogP contribution in [0.5, 0.6) is 0 Å². The first-order valence-electron chi connectivity index (χ1n) is 33.9. The number of carbonyl (C=O) groups is 3. The minimum atomic E-state index is -0.797. The molecule has 0 amide bonds. The Kier molecular flexibility index (Phi) is 64.3. The Morgan fingerprint density at radius 2 is 0.487 bits per heavy atom. The van der Waals surface area contributed by atoms with E-state index in [-0.39, 0.29) is 31.1 Å². The van der Waals surface area contributed by atoms with Gasteiger partial charge in [-0.2, -0.15) is 0 Å². The van der Waals surface area contributed by atoms with Gasteiger partial charge in [-0.25, -0.2) is 0 Å². The normalized spacial score (nSPS) is 12.8. The maximum Gasteiger partial charge on any atom is 0.306 e. The van der Waals surface area contributed by atoms with Crippen molar-refractivity contribution < 1.29 is 28.6 Å². The molecule has 0 fully saturated rings. The molecule has 0 aliphatic rings. The van der Waals surface area contributed by atoms with Gasteiger partial charge in [-0.3, -0.25) is 14.4 Å². The average Bonchev–Trinajstić information content (AvgIpc) is 3.46. The van der Waals surface area contributed by atoms with E-state index in [1.54, 1.807) is 0 Å². The van der Waals surface area contributed by atoms with E-state index in [1.165, 1.54) is 167 Å². The van der Waals surface area contributed by atoms with Crippen molar-refractivity contribution in [1.82, 2.24) is 0 Å². The summed E-state index contributed by atoms with van der Waals surface area (Å²) < 4.78 is 17.0. The van der Waals surface area contributed by atoms with E-state index in [0.717, 1.165) is 116 Å². The van der Waals surface area contributed by atoms with Crippen LogP contribution in [-0.2, 0) is 28.6 Å². The molecule has 0 aromatic rings. The molecule has 0 aliphatic carbocycles. The highest BCUT2D eigenvalue weighted by Crippen LogP contribution is 2.16. The predicted octanol–water partition coefficient (Wildman–Crippen LogP) is 23.4. The second-order valence-corrected chi connectivity index (χ2v) is 22.3. The molecule has 0 aromatic heterocycles. The SMILES string of the molecule is CC/C=C\C/C=C\C/C=C\C/C=C\C/C=C\C/C=C\CCCCCCC(=O)OCC(COC(=O)CCCCCCCCC/C=C\CCCCCCCCC)OC(=O)CCCCCCCCCCC/C=C\C/C=C\CCCCCCC. The average molecular weight is 1110 g/mol. The summed E-state index contributed by atoms with van der Waals surface area (Å²) in [5.41, 5.74) is 0. The first kappa shape index (κ1) is 76.1. The van der Waals surface area contributed by atoms with Crippen molar-refractivity contribution in [1.29, 1.82) is 0 Å². The predicted molar refractivity (Wildman–Crippen MR) is 348 cm³/mol. The molecule has 80 heavy (non-hydrogen) atoms. The third-order valence-electron chi connectivity index (χ3n) is 14.5. The highest BCUT2D eigenvalue weighted by atomic mass is 16.6. The van der Waals surface area contributed by atoms with E-state index in [4.69, 9.17) is 14.2 Å². The zero-order valence-electron chi connectivity index (χ0n) is 52.6. The van der Waals surface area contributed by atoms with Crippen LogP contribution in [0, 0.1) is 0 Å². The number of hydrogen-bond acceptors (Lipinski definition) is 6. The topological polar surface area (TPSA) is 78.9 Å². The summed E-state index contributed by atoms with van der Waals surface area (Å²) >= 11 is 0. The number of allylic oxidation sites excluding steroid dienone is 18. The molecule has 458 valence electrons. The second kappa shape index (κ2) is 67.6. The molecule has 0 saturated carbocycles. The van der Waals surface area contributed by atoms with Crippen molar-refractivity contribution in [3.63, 3.8) is 0 Å². The summed E-state index contributed by atoms with van der Waals surface area (Å²) in [6.07, 6.45) is 92.3. The molecule has 0 N–H and O–H groups in total. The fraction of sp³-hybridized carbons (Fsp3) is 0.716. The van der Waals surface area contributed by atoms with Crippen LogP contribution in [0.2, 0.25) is 0 Å². The molecule has 6 heteroatoms. The van der Waals surface area contributed by atoms with Crippen LogP contribution in [-0.4, -0.2) is 37.2 Å². The van der Waals surface area contributed by atoms with Gasteiger partial charge in [0.2, 0.25) is 0 Å². The molecular formula is C74H126O6. The lowest BCUT2D eigenvalue weighted by atomic mass is 10.1. The maximum absolute atomic E-state index is 13.0. The van der Waals surface area contributed by atoms with Crippen molar-refractivity contribution in [3.8, 4) is 0 Å². The molecule has 0 saturated heterocycles. The van der Waals surface area contributed by atoms with Crippen molar-refractivity contribution in [3.05, 3.63) is 109 Å². The quantitative estimate of drug-likeness (QED) is 0.0261. The van der Waals surface area contributed by atoms with Crippen LogP contribution in [0.25, 0.3) is 0 Å². The number of hydrogen-bond donors (Lipinski definition) is 0. The standard InChI is InChI=1S/C74H126O6/c1-4-7-10-13-16-19-22-25-28-31-34-36-37-39-40-43-46-49-52-55-58-61-64-67-73(76)79-70-71(69-78-72(75)66-63-60-57-54-51-48-45-42-33-30-27-24-21-18-15-12-9-6-3)80-74(77)68-65-62-59-56-53-50-47-44-41-38-35-32-29-26-23-20-17-14-11-8-5-2/h7,10,16,19,23,25-26,28,30,32-36,39-40,46,49,71H,4-6,8-9,11-15,17-18,20-22,24,27,29,31,37-38,41-45,47-48,50-70H2,1-3H3/b10-7-,19-16-,26-23-,28-25-,33-30-,35-32-,36-34-,40-39-,49-46-. The van der Waals surface area contributed by atoms with Gasteiger partial charge >= 0.3 is 17.9 Å². The van der Waals surface area contributed by atoms with E-state index in [9.17, 15) is 14.4 Å². The van der Waals surface area contributed by atoms with E-state index >= 15 is 0 Å². The van der Waals surface area contributed by atoms with Gasteiger partial charge in [0.1, 0.15) is 13.2 Å². The van der Waals surface area contributed by atoms with Crippen LogP contribution in [0.15, 0.2) is 109 Å². The summed E-state index contributed by atoms with van der Waals surface area (Å²) in [5.74, 6) is -0.914. The summed E-state index contributed by atoms with van der Waals surface area (Å²) in [6, 6.07) is 0. The molecule has 0 rings (SSSR count). The Labute approximate surface area is 495 Å². The van der Waals surface area contributed by atoms with Gasteiger partial charge in [0, 0.05) is 19.3 Å². The zero-order valence-corrected chi connectivity index (χ0v) is 52.6. The number of carbonyl (C=O) groups excluding carboxylic acids is 3. The Morgan fingerprint density at radius 1 is 0.263 bits per heavy atom. The summed E-state index contributed by atoms with van der Waals surface area (Å²) in [7, 11) is 0. The molecule has 0 aromatic carbocycles. The minimum absolute atomic E-state index is 0.0904. The van der Waals surface area contributed by atoms with Gasteiger partial charge in [0.05, 0.1) is 0 Å². The lowest BCUT2D eigenvalue weighted by Gasteiger charge is -2.18. The van der Waals surface area contributed by atoms with Crippen LogP contribution >= 0.6 is 0 Å². The molecule has 0 aliphatic heterocycles. The van der Waals surface area contributed by atoms with E-state index in [1.807, 2.05) is 0 Å². The van der Waals surface area contributed by atoms with E-state index in [2.05, 4.69) is 130 Å². The van der Waals surface area contributed by atoms with Crippen LogP contribution < -0.4 is 0 Å². The van der Waals surface area contributed by atoms with Crippen molar-refractivity contribution in [2.75, 3.05) is 13.2 Å². The largest absolute Gasteiger partial charge is 0.462 e. The van der Waals surface area contributed by atoms with E-state index in [0.29, 0.717) is 19.3 Å². The highest BCUT2D eigenvalue weighted by Gasteiger charge is 2.19. The Bertz CT molecular complexity index is 1610. The van der Waals surface area contributed by atoms with E-state index < -0.39 is 6.10 Å². The number of unbranched alkanes of at least 4 members (excludes halogenated alkanes) is 32. The highest BCUT2D eigenvalue weighted by molar-refractivity contribution is 5.71. The summed E-state index contributed by atoms with van der Waals surface area (Å²) in [6.45, 7) is 6.52. The molecule has 0 spiro atoms.